The van der Waals surface area contributed by atoms with Gasteiger partial charge in [0.2, 0.25) is 0 Å². The second-order valence-corrected chi connectivity index (χ2v) is 7.01. The van der Waals surface area contributed by atoms with Crippen LogP contribution in [0, 0.1) is 0 Å². The van der Waals surface area contributed by atoms with Crippen molar-refractivity contribution in [2.75, 3.05) is 5.32 Å². The number of carbonyl (C=O) groups excluding carboxylic acids is 1. The Morgan fingerprint density at radius 3 is 2.47 bits per heavy atom. The summed E-state index contributed by atoms with van der Waals surface area (Å²) in [4.78, 5) is 24.8. The van der Waals surface area contributed by atoms with Crippen molar-refractivity contribution in [3.63, 3.8) is 0 Å². The zero-order valence-corrected chi connectivity index (χ0v) is 15.8. The predicted molar refractivity (Wildman–Crippen MR) is 109 cm³/mol. The van der Waals surface area contributed by atoms with Gasteiger partial charge in [0.1, 0.15) is 5.69 Å². The first-order valence-corrected chi connectivity index (χ1v) is 9.54. The molecule has 1 aliphatic rings. The van der Waals surface area contributed by atoms with Gasteiger partial charge in [0.15, 0.2) is 5.82 Å². The first-order valence-electron chi connectivity index (χ1n) is 9.54. The lowest BCUT2D eigenvalue weighted by atomic mass is 10.2. The minimum absolute atomic E-state index is 0.139. The Hall–Kier alpha value is -4.14. The van der Waals surface area contributed by atoms with Gasteiger partial charge in [0, 0.05) is 17.3 Å². The van der Waals surface area contributed by atoms with E-state index in [4.69, 9.17) is 0 Å². The number of nitrogens with zero attached hydrogens (tertiary/aromatic N) is 6. The van der Waals surface area contributed by atoms with Crippen molar-refractivity contribution in [1.29, 1.82) is 0 Å². The fraction of sp³-hybridized carbons (Fsp3) is 0.143. The number of aromatic nitrogens is 6. The van der Waals surface area contributed by atoms with Gasteiger partial charge in [-0.1, -0.05) is 18.2 Å². The molecule has 1 fully saturated rings. The molecule has 1 N–H and O–H groups in total. The zero-order chi connectivity index (χ0) is 20.5. The van der Waals surface area contributed by atoms with Gasteiger partial charge in [-0.2, -0.15) is 9.78 Å². The van der Waals surface area contributed by atoms with Gasteiger partial charge in [-0.25, -0.2) is 4.68 Å². The van der Waals surface area contributed by atoms with Crippen molar-refractivity contribution in [2.45, 2.75) is 18.9 Å². The van der Waals surface area contributed by atoms with Gasteiger partial charge in [0.05, 0.1) is 11.7 Å². The van der Waals surface area contributed by atoms with E-state index in [1.165, 1.54) is 16.8 Å². The summed E-state index contributed by atoms with van der Waals surface area (Å²) in [6.45, 7) is 0. The van der Waals surface area contributed by atoms with Crippen LogP contribution >= 0.6 is 0 Å². The maximum atomic E-state index is 12.6. The van der Waals surface area contributed by atoms with Crippen LogP contribution in [0.1, 0.15) is 29.4 Å². The standard InChI is InChI=1S/C21H17N7O2/c29-19-13-12-18(24-27(19)16-4-2-1-3-5-16)21(30)22-15-8-6-14(7-9-15)20-23-25-26-28(20)17-10-11-17/h1-9,12-13,17H,10-11H2,(H,22,30). The molecular weight excluding hydrogens is 382 g/mol. The molecule has 0 aliphatic heterocycles. The Balaban J connectivity index is 1.35. The molecule has 1 amide bonds. The topological polar surface area (TPSA) is 108 Å². The molecule has 9 nitrogen and oxygen atoms in total. The average Bonchev–Trinajstić information content (AvgIpc) is 3.51. The van der Waals surface area contributed by atoms with Crippen LogP contribution in [0.25, 0.3) is 17.1 Å². The smallest absolute Gasteiger partial charge is 0.276 e. The van der Waals surface area contributed by atoms with E-state index in [-0.39, 0.29) is 11.3 Å². The average molecular weight is 399 g/mol. The molecule has 4 aromatic rings. The number of benzene rings is 2. The molecule has 0 unspecified atom stereocenters. The molecule has 5 rings (SSSR count). The van der Waals surface area contributed by atoms with E-state index in [2.05, 4.69) is 25.9 Å². The number of para-hydroxylation sites is 1. The van der Waals surface area contributed by atoms with Crippen molar-refractivity contribution < 1.29 is 4.79 Å². The van der Waals surface area contributed by atoms with Crippen molar-refractivity contribution in [1.82, 2.24) is 30.0 Å². The predicted octanol–water partition coefficient (Wildman–Crippen LogP) is 2.47. The van der Waals surface area contributed by atoms with Crippen LogP contribution in [0.5, 0.6) is 0 Å². The molecule has 0 atom stereocenters. The highest BCUT2D eigenvalue weighted by molar-refractivity contribution is 6.02. The SMILES string of the molecule is O=C(Nc1ccc(-c2nnnn2C2CC2)cc1)c1ccc(=O)n(-c2ccccc2)n1. The molecule has 0 saturated heterocycles. The fourth-order valence-electron chi connectivity index (χ4n) is 3.13. The number of nitrogens with one attached hydrogen (secondary N) is 1. The Labute approximate surface area is 171 Å². The number of rotatable bonds is 5. The van der Waals surface area contributed by atoms with Crippen molar-refractivity contribution in [3.8, 4) is 17.1 Å². The second-order valence-electron chi connectivity index (χ2n) is 7.01. The third-order valence-electron chi connectivity index (χ3n) is 4.82. The third kappa shape index (κ3) is 3.48. The number of carbonyl (C=O) groups is 1. The van der Waals surface area contributed by atoms with Crippen LogP contribution < -0.4 is 10.9 Å². The zero-order valence-electron chi connectivity index (χ0n) is 15.8. The monoisotopic (exact) mass is 399 g/mol. The van der Waals surface area contributed by atoms with E-state index in [1.807, 2.05) is 22.9 Å². The van der Waals surface area contributed by atoms with Gasteiger partial charge >= 0.3 is 0 Å². The summed E-state index contributed by atoms with van der Waals surface area (Å²) in [6, 6.07) is 19.4. The largest absolute Gasteiger partial charge is 0.321 e. The number of hydrogen-bond donors (Lipinski definition) is 1. The normalized spacial score (nSPS) is 13.2. The van der Waals surface area contributed by atoms with Gasteiger partial charge in [0.25, 0.3) is 11.5 Å². The number of anilines is 1. The molecule has 2 aromatic carbocycles. The molecule has 2 aromatic heterocycles. The summed E-state index contributed by atoms with van der Waals surface area (Å²) in [5, 5.41) is 18.9. The van der Waals surface area contributed by atoms with Crippen molar-refractivity contribution >= 4 is 11.6 Å². The number of tetrazole rings is 1. The third-order valence-corrected chi connectivity index (χ3v) is 4.82. The second kappa shape index (κ2) is 7.36. The Kier molecular flexibility index (Phi) is 4.40. The minimum Gasteiger partial charge on any atom is -0.321 e. The first-order chi connectivity index (χ1) is 14.7. The van der Waals surface area contributed by atoms with Crippen LogP contribution in [0.3, 0.4) is 0 Å². The maximum absolute atomic E-state index is 12.6. The first kappa shape index (κ1) is 17.9. The van der Waals surface area contributed by atoms with Crippen LogP contribution in [0.2, 0.25) is 0 Å². The molecule has 148 valence electrons. The van der Waals surface area contributed by atoms with E-state index in [0.717, 1.165) is 18.4 Å². The lowest BCUT2D eigenvalue weighted by Gasteiger charge is -2.08. The number of amides is 1. The van der Waals surface area contributed by atoms with E-state index < -0.39 is 5.91 Å². The molecule has 0 spiro atoms. The van der Waals surface area contributed by atoms with Gasteiger partial charge in [-0.05, 0) is 65.7 Å². The van der Waals surface area contributed by atoms with Crippen LogP contribution in [-0.2, 0) is 0 Å². The van der Waals surface area contributed by atoms with Crippen molar-refractivity contribution in [2.24, 2.45) is 0 Å². The summed E-state index contributed by atoms with van der Waals surface area (Å²) in [5.41, 5.74) is 1.90. The summed E-state index contributed by atoms with van der Waals surface area (Å²) in [7, 11) is 0. The molecule has 0 bridgehead atoms. The van der Waals surface area contributed by atoms with Gasteiger partial charge < -0.3 is 5.32 Å². The highest BCUT2D eigenvalue weighted by atomic mass is 16.2. The fourth-order valence-corrected chi connectivity index (χ4v) is 3.13. The molecule has 2 heterocycles. The molecule has 0 radical (unpaired) electrons. The van der Waals surface area contributed by atoms with Gasteiger partial charge in [-0.3, -0.25) is 9.59 Å². The summed E-state index contributed by atoms with van der Waals surface area (Å²) in [6.07, 6.45) is 2.18. The minimum atomic E-state index is -0.407. The van der Waals surface area contributed by atoms with Crippen molar-refractivity contribution in [3.05, 3.63) is 82.8 Å². The number of hydrogen-bond acceptors (Lipinski definition) is 6. The molecule has 1 saturated carbocycles. The highest BCUT2D eigenvalue weighted by Gasteiger charge is 2.28. The Bertz CT molecular complexity index is 1260. The summed E-state index contributed by atoms with van der Waals surface area (Å²) in [5.74, 6) is 0.308. The van der Waals surface area contributed by atoms with E-state index in [0.29, 0.717) is 23.2 Å². The quantitative estimate of drug-likeness (QED) is 0.552. The lowest BCUT2D eigenvalue weighted by molar-refractivity contribution is 0.102. The van der Waals surface area contributed by atoms with E-state index in [9.17, 15) is 9.59 Å². The molecule has 9 heteroatoms. The molecular formula is C21H17N7O2. The lowest BCUT2D eigenvalue weighted by Crippen LogP contribution is -2.24. The van der Waals surface area contributed by atoms with E-state index >= 15 is 0 Å². The van der Waals surface area contributed by atoms with Crippen LogP contribution in [-0.4, -0.2) is 35.9 Å². The molecule has 30 heavy (non-hydrogen) atoms. The maximum Gasteiger partial charge on any atom is 0.276 e. The summed E-state index contributed by atoms with van der Waals surface area (Å²) < 4.78 is 3.04. The summed E-state index contributed by atoms with van der Waals surface area (Å²) >= 11 is 0. The van der Waals surface area contributed by atoms with Crippen LogP contribution in [0.15, 0.2) is 71.5 Å². The highest BCUT2D eigenvalue weighted by Crippen LogP contribution is 2.36. The molecule has 1 aliphatic carbocycles. The Morgan fingerprint density at radius 1 is 0.967 bits per heavy atom. The van der Waals surface area contributed by atoms with Crippen LogP contribution in [0.4, 0.5) is 5.69 Å². The van der Waals surface area contributed by atoms with Gasteiger partial charge in [-0.15, -0.1) is 5.10 Å². The van der Waals surface area contributed by atoms with E-state index in [1.54, 1.807) is 36.4 Å². The Morgan fingerprint density at radius 2 is 1.73 bits per heavy atom.